The molecule has 1 saturated heterocycles. The molecule has 0 saturated carbocycles. The topological polar surface area (TPSA) is 49.9 Å². The van der Waals surface area contributed by atoms with Crippen LogP contribution >= 0.6 is 11.6 Å². The number of methoxy groups -OCH3 is 1. The molecule has 1 fully saturated rings. The van der Waals surface area contributed by atoms with E-state index >= 15 is 0 Å². The summed E-state index contributed by atoms with van der Waals surface area (Å²) in [5.41, 5.74) is 2.69. The Bertz CT molecular complexity index is 1090. The van der Waals surface area contributed by atoms with Crippen molar-refractivity contribution >= 4 is 23.4 Å². The second-order valence-corrected chi connectivity index (χ2v) is 8.19. The van der Waals surface area contributed by atoms with E-state index in [9.17, 15) is 9.59 Å². The van der Waals surface area contributed by atoms with E-state index in [0.717, 1.165) is 16.7 Å². The number of hydrogen-bond acceptors (Lipinski definition) is 3. The summed E-state index contributed by atoms with van der Waals surface area (Å²) in [5.74, 6) is 0.512. The number of halogens is 1. The minimum absolute atomic E-state index is 0.0583. The summed E-state index contributed by atoms with van der Waals surface area (Å²) in [6.45, 7) is 0.817. The molecule has 1 unspecified atom stereocenters. The first-order valence-corrected chi connectivity index (χ1v) is 10.9. The number of amides is 2. The minimum Gasteiger partial charge on any atom is -0.497 e. The van der Waals surface area contributed by atoms with Gasteiger partial charge in [-0.2, -0.15) is 0 Å². The third kappa shape index (κ3) is 4.78. The molecule has 1 aliphatic heterocycles. The number of piperazine rings is 1. The van der Waals surface area contributed by atoms with Crippen LogP contribution in [0.25, 0.3) is 0 Å². The van der Waals surface area contributed by atoms with Crippen molar-refractivity contribution in [2.75, 3.05) is 20.2 Å². The zero-order chi connectivity index (χ0) is 22.5. The average molecular weight is 449 g/mol. The molecule has 32 heavy (non-hydrogen) atoms. The van der Waals surface area contributed by atoms with Gasteiger partial charge in [-0.15, -0.1) is 0 Å². The lowest BCUT2D eigenvalue weighted by atomic mass is 9.99. The first kappa shape index (κ1) is 21.9. The van der Waals surface area contributed by atoms with Crippen LogP contribution in [0, 0.1) is 0 Å². The molecule has 1 aliphatic rings. The monoisotopic (exact) mass is 448 g/mol. The summed E-state index contributed by atoms with van der Waals surface area (Å²) in [5, 5.41) is 0.577. The van der Waals surface area contributed by atoms with E-state index in [4.69, 9.17) is 16.3 Å². The first-order valence-electron chi connectivity index (χ1n) is 10.6. The van der Waals surface area contributed by atoms with Crippen LogP contribution < -0.4 is 4.74 Å². The summed E-state index contributed by atoms with van der Waals surface area (Å²) in [7, 11) is 1.60. The van der Waals surface area contributed by atoms with Gasteiger partial charge in [-0.25, -0.2) is 0 Å². The van der Waals surface area contributed by atoms with Gasteiger partial charge < -0.3 is 14.5 Å². The number of ether oxygens (including phenoxy) is 1. The number of carbonyl (C=O) groups is 2. The van der Waals surface area contributed by atoms with Gasteiger partial charge in [-0.1, -0.05) is 72.3 Å². The van der Waals surface area contributed by atoms with Crippen LogP contribution in [-0.4, -0.2) is 41.8 Å². The average Bonchev–Trinajstić information content (AvgIpc) is 2.82. The lowest BCUT2D eigenvalue weighted by molar-refractivity contribution is -0.157. The van der Waals surface area contributed by atoms with Gasteiger partial charge >= 0.3 is 0 Å². The predicted molar refractivity (Wildman–Crippen MR) is 124 cm³/mol. The molecule has 4 rings (SSSR count). The summed E-state index contributed by atoms with van der Waals surface area (Å²) >= 11 is 6.36. The SMILES string of the molecule is COc1ccc(C2C(=O)N(CCc3ccccc3)CC(=O)N2Cc2ccccc2Cl)cc1. The zero-order valence-electron chi connectivity index (χ0n) is 17.9. The van der Waals surface area contributed by atoms with E-state index in [1.165, 1.54) is 0 Å². The Balaban J connectivity index is 1.62. The molecule has 164 valence electrons. The van der Waals surface area contributed by atoms with Crippen LogP contribution in [0.1, 0.15) is 22.7 Å². The van der Waals surface area contributed by atoms with E-state index < -0.39 is 6.04 Å². The molecule has 0 aromatic heterocycles. The number of rotatable bonds is 7. The summed E-state index contributed by atoms with van der Waals surface area (Å²) < 4.78 is 5.26. The second-order valence-electron chi connectivity index (χ2n) is 7.78. The maximum Gasteiger partial charge on any atom is 0.250 e. The minimum atomic E-state index is -0.714. The highest BCUT2D eigenvalue weighted by atomic mass is 35.5. The first-order chi connectivity index (χ1) is 15.6. The van der Waals surface area contributed by atoms with Crippen LogP contribution in [0.3, 0.4) is 0 Å². The molecule has 6 heteroatoms. The fraction of sp³-hybridized carbons (Fsp3) is 0.231. The van der Waals surface area contributed by atoms with Crippen LogP contribution in [0.15, 0.2) is 78.9 Å². The number of benzene rings is 3. The quantitative estimate of drug-likeness (QED) is 0.534. The van der Waals surface area contributed by atoms with Gasteiger partial charge in [-0.05, 0) is 41.3 Å². The van der Waals surface area contributed by atoms with Crippen molar-refractivity contribution in [2.45, 2.75) is 19.0 Å². The fourth-order valence-corrected chi connectivity index (χ4v) is 4.17. The molecule has 0 bridgehead atoms. The van der Waals surface area contributed by atoms with E-state index in [2.05, 4.69) is 0 Å². The largest absolute Gasteiger partial charge is 0.497 e. The molecule has 0 N–H and O–H groups in total. The Morgan fingerprint density at radius 3 is 2.31 bits per heavy atom. The Labute approximate surface area is 193 Å². The van der Waals surface area contributed by atoms with E-state index in [0.29, 0.717) is 23.7 Å². The van der Waals surface area contributed by atoms with Crippen molar-refractivity contribution in [3.05, 3.63) is 101 Å². The zero-order valence-corrected chi connectivity index (χ0v) is 18.7. The van der Waals surface area contributed by atoms with Crippen molar-refractivity contribution in [3.8, 4) is 5.75 Å². The van der Waals surface area contributed by atoms with Crippen LogP contribution in [-0.2, 0) is 22.6 Å². The normalized spacial score (nSPS) is 16.4. The molecule has 3 aromatic rings. The molecule has 3 aromatic carbocycles. The maximum absolute atomic E-state index is 13.6. The summed E-state index contributed by atoms with van der Waals surface area (Å²) in [4.78, 5) is 30.1. The second kappa shape index (κ2) is 9.88. The highest BCUT2D eigenvalue weighted by Gasteiger charge is 2.40. The van der Waals surface area contributed by atoms with Crippen molar-refractivity contribution in [1.29, 1.82) is 0 Å². The Hall–Kier alpha value is -3.31. The van der Waals surface area contributed by atoms with Gasteiger partial charge in [0.2, 0.25) is 5.91 Å². The Kier molecular flexibility index (Phi) is 6.76. The molecule has 1 atom stereocenters. The van der Waals surface area contributed by atoms with Gasteiger partial charge in [0.1, 0.15) is 11.8 Å². The van der Waals surface area contributed by atoms with Crippen LogP contribution in [0.2, 0.25) is 5.02 Å². The Morgan fingerprint density at radius 1 is 0.938 bits per heavy atom. The lowest BCUT2D eigenvalue weighted by Crippen LogP contribution is -2.55. The molecular weight excluding hydrogens is 424 g/mol. The standard InChI is InChI=1S/C26H25ClN2O3/c1-32-22-13-11-20(12-14-22)25-26(31)28(16-15-19-7-3-2-4-8-19)18-24(30)29(25)17-21-9-5-6-10-23(21)27/h2-14,25H,15-18H2,1H3. The van der Waals surface area contributed by atoms with Gasteiger partial charge in [0.25, 0.3) is 5.91 Å². The molecule has 0 radical (unpaired) electrons. The third-order valence-electron chi connectivity index (χ3n) is 5.75. The molecule has 5 nitrogen and oxygen atoms in total. The third-order valence-corrected chi connectivity index (χ3v) is 6.12. The highest BCUT2D eigenvalue weighted by molar-refractivity contribution is 6.31. The van der Waals surface area contributed by atoms with E-state index in [1.807, 2.05) is 72.8 Å². The van der Waals surface area contributed by atoms with Gasteiger partial charge in [0, 0.05) is 18.1 Å². The number of nitrogens with zero attached hydrogens (tertiary/aromatic N) is 2. The Morgan fingerprint density at radius 2 is 1.62 bits per heavy atom. The van der Waals surface area contributed by atoms with Gasteiger partial charge in [-0.3, -0.25) is 9.59 Å². The summed E-state index contributed by atoms with van der Waals surface area (Å²) in [6, 6.07) is 24.0. The molecule has 0 aliphatic carbocycles. The molecule has 1 heterocycles. The smallest absolute Gasteiger partial charge is 0.250 e. The van der Waals surface area contributed by atoms with E-state index in [1.54, 1.807) is 23.0 Å². The molecule has 0 spiro atoms. The molecular formula is C26H25ClN2O3. The molecule has 2 amide bonds. The van der Waals surface area contributed by atoms with Crippen molar-refractivity contribution in [2.24, 2.45) is 0 Å². The number of hydrogen-bond donors (Lipinski definition) is 0. The lowest BCUT2D eigenvalue weighted by Gasteiger charge is -2.40. The van der Waals surface area contributed by atoms with E-state index in [-0.39, 0.29) is 24.9 Å². The van der Waals surface area contributed by atoms with Crippen molar-refractivity contribution in [3.63, 3.8) is 0 Å². The van der Waals surface area contributed by atoms with Crippen LogP contribution in [0.5, 0.6) is 5.75 Å². The number of carbonyl (C=O) groups excluding carboxylic acids is 2. The fourth-order valence-electron chi connectivity index (χ4n) is 3.98. The summed E-state index contributed by atoms with van der Waals surface area (Å²) in [6.07, 6.45) is 0.694. The highest BCUT2D eigenvalue weighted by Crippen LogP contribution is 2.31. The maximum atomic E-state index is 13.6. The van der Waals surface area contributed by atoms with Gasteiger partial charge in [0.05, 0.1) is 13.7 Å². The van der Waals surface area contributed by atoms with Gasteiger partial charge in [0.15, 0.2) is 0 Å². The predicted octanol–water partition coefficient (Wildman–Crippen LogP) is 4.50. The van der Waals surface area contributed by atoms with Crippen molar-refractivity contribution in [1.82, 2.24) is 9.80 Å². The van der Waals surface area contributed by atoms with Crippen LogP contribution in [0.4, 0.5) is 0 Å². The van der Waals surface area contributed by atoms with Crippen molar-refractivity contribution < 1.29 is 14.3 Å².